The topological polar surface area (TPSA) is 15.3 Å². The number of rotatable bonds is 1. The average Bonchev–Trinajstić information content (AvgIpc) is 2.77. The van der Waals surface area contributed by atoms with E-state index in [4.69, 9.17) is 0 Å². The van der Waals surface area contributed by atoms with E-state index in [1.165, 1.54) is 15.8 Å². The predicted octanol–water partition coefficient (Wildman–Crippen LogP) is 2.73. The fourth-order valence-corrected chi connectivity index (χ4v) is 2.84. The van der Waals surface area contributed by atoms with E-state index in [1.54, 1.807) is 0 Å². The predicted molar refractivity (Wildman–Crippen MR) is 74.2 cm³/mol. The molecule has 2 aromatic rings. The van der Waals surface area contributed by atoms with Crippen molar-refractivity contribution in [1.82, 2.24) is 5.32 Å². The Bertz CT molecular complexity index is 463. The largest absolute Gasteiger partial charge is 0.369 e. The van der Waals surface area contributed by atoms with Crippen molar-refractivity contribution < 1.29 is 0 Å². The van der Waals surface area contributed by atoms with Crippen LogP contribution in [0.2, 0.25) is 0 Å². The van der Waals surface area contributed by atoms with E-state index in [9.17, 15) is 0 Å². The van der Waals surface area contributed by atoms with Crippen LogP contribution in [0.3, 0.4) is 0 Å². The first-order valence-corrected chi connectivity index (χ1v) is 6.24. The quantitative estimate of drug-likeness (QED) is 0.842. The summed E-state index contributed by atoms with van der Waals surface area (Å²) in [5, 5.41) is 6.91. The van der Waals surface area contributed by atoms with Gasteiger partial charge in [-0.1, -0.05) is 0 Å². The standard InChI is InChI=1S/C12H14N2S.ClH/c1-2-12-10(3-8-15-12)9-11(1)14-6-4-13-5-7-14;/h1-3,8-9,13H,4-7H2;1H. The molecule has 1 N–H and O–H groups in total. The van der Waals surface area contributed by atoms with E-state index in [1.807, 2.05) is 11.3 Å². The molecule has 0 radical (unpaired) electrons. The summed E-state index contributed by atoms with van der Waals surface area (Å²) in [5.41, 5.74) is 1.36. The summed E-state index contributed by atoms with van der Waals surface area (Å²) in [5.74, 6) is 0. The monoisotopic (exact) mass is 254 g/mol. The lowest BCUT2D eigenvalue weighted by molar-refractivity contribution is 0.589. The van der Waals surface area contributed by atoms with E-state index >= 15 is 0 Å². The summed E-state index contributed by atoms with van der Waals surface area (Å²) in [6.07, 6.45) is 0. The molecule has 1 saturated heterocycles. The van der Waals surface area contributed by atoms with E-state index in [0.717, 1.165) is 26.2 Å². The van der Waals surface area contributed by atoms with Crippen molar-refractivity contribution in [3.05, 3.63) is 29.6 Å². The van der Waals surface area contributed by atoms with Gasteiger partial charge in [0.2, 0.25) is 0 Å². The van der Waals surface area contributed by atoms with Crippen molar-refractivity contribution >= 4 is 39.5 Å². The maximum atomic E-state index is 3.38. The molecule has 1 fully saturated rings. The van der Waals surface area contributed by atoms with Gasteiger partial charge in [0.1, 0.15) is 0 Å². The van der Waals surface area contributed by atoms with Crippen LogP contribution in [0.5, 0.6) is 0 Å². The molecular formula is C12H15ClN2S. The van der Waals surface area contributed by atoms with Gasteiger partial charge in [0.15, 0.2) is 0 Å². The second-order valence-electron chi connectivity index (χ2n) is 3.88. The molecule has 2 nitrogen and oxygen atoms in total. The lowest BCUT2D eigenvalue weighted by atomic mass is 10.2. The van der Waals surface area contributed by atoms with Crippen molar-refractivity contribution in [2.24, 2.45) is 0 Å². The number of nitrogens with zero attached hydrogens (tertiary/aromatic N) is 1. The molecule has 0 saturated carbocycles. The van der Waals surface area contributed by atoms with Crippen LogP contribution >= 0.6 is 23.7 Å². The second-order valence-corrected chi connectivity index (χ2v) is 4.83. The maximum absolute atomic E-state index is 3.38. The highest BCUT2D eigenvalue weighted by atomic mass is 35.5. The van der Waals surface area contributed by atoms with Crippen LogP contribution in [0.25, 0.3) is 10.1 Å². The van der Waals surface area contributed by atoms with Crippen LogP contribution in [0, 0.1) is 0 Å². The Morgan fingerprint density at radius 1 is 1.12 bits per heavy atom. The Balaban J connectivity index is 0.000000963. The molecule has 3 rings (SSSR count). The third-order valence-corrected chi connectivity index (χ3v) is 3.82. The van der Waals surface area contributed by atoms with Crippen LogP contribution in [-0.2, 0) is 0 Å². The molecular weight excluding hydrogens is 240 g/mol. The number of piperazine rings is 1. The first-order chi connectivity index (χ1) is 7.43. The van der Waals surface area contributed by atoms with Gasteiger partial charge in [0, 0.05) is 36.6 Å². The Hall–Kier alpha value is -0.770. The molecule has 86 valence electrons. The molecule has 0 bridgehead atoms. The Morgan fingerprint density at radius 3 is 2.75 bits per heavy atom. The summed E-state index contributed by atoms with van der Waals surface area (Å²) in [7, 11) is 0. The summed E-state index contributed by atoms with van der Waals surface area (Å²) in [6.45, 7) is 4.44. The van der Waals surface area contributed by atoms with Crippen LogP contribution in [-0.4, -0.2) is 26.2 Å². The zero-order valence-electron chi connectivity index (χ0n) is 8.98. The van der Waals surface area contributed by atoms with Gasteiger partial charge in [-0.3, -0.25) is 0 Å². The minimum atomic E-state index is 0. The van der Waals surface area contributed by atoms with Gasteiger partial charge in [-0.2, -0.15) is 0 Å². The second kappa shape index (κ2) is 5.04. The van der Waals surface area contributed by atoms with E-state index in [2.05, 4.69) is 39.9 Å². The zero-order chi connectivity index (χ0) is 10.1. The first kappa shape index (κ1) is 11.7. The first-order valence-electron chi connectivity index (χ1n) is 5.36. The molecule has 16 heavy (non-hydrogen) atoms. The third-order valence-electron chi connectivity index (χ3n) is 2.92. The highest BCUT2D eigenvalue weighted by molar-refractivity contribution is 7.17. The van der Waals surface area contributed by atoms with Crippen molar-refractivity contribution in [2.45, 2.75) is 0 Å². The molecule has 0 atom stereocenters. The van der Waals surface area contributed by atoms with Gasteiger partial charge in [-0.25, -0.2) is 0 Å². The summed E-state index contributed by atoms with van der Waals surface area (Å²) >= 11 is 1.81. The van der Waals surface area contributed by atoms with Crippen LogP contribution in [0.15, 0.2) is 29.6 Å². The lowest BCUT2D eigenvalue weighted by Crippen LogP contribution is -2.43. The smallest absolute Gasteiger partial charge is 0.0374 e. The van der Waals surface area contributed by atoms with Crippen LogP contribution < -0.4 is 10.2 Å². The van der Waals surface area contributed by atoms with Gasteiger partial charge in [0.05, 0.1) is 0 Å². The highest BCUT2D eigenvalue weighted by Crippen LogP contribution is 2.26. The number of hydrogen-bond acceptors (Lipinski definition) is 3. The third kappa shape index (κ3) is 2.17. The summed E-state index contributed by atoms with van der Waals surface area (Å²) in [6, 6.07) is 8.98. The lowest BCUT2D eigenvalue weighted by Gasteiger charge is -2.29. The van der Waals surface area contributed by atoms with Crippen molar-refractivity contribution in [3.8, 4) is 0 Å². The van der Waals surface area contributed by atoms with Gasteiger partial charge in [-0.05, 0) is 35.0 Å². The molecule has 0 aliphatic carbocycles. The fraction of sp³-hybridized carbons (Fsp3) is 0.333. The van der Waals surface area contributed by atoms with Gasteiger partial charge < -0.3 is 10.2 Å². The molecule has 1 aromatic heterocycles. The van der Waals surface area contributed by atoms with E-state index < -0.39 is 0 Å². The number of thiophene rings is 1. The molecule has 1 aliphatic heterocycles. The minimum Gasteiger partial charge on any atom is -0.369 e. The molecule has 0 amide bonds. The SMILES string of the molecule is Cl.c1cc2cc(N3CCNCC3)ccc2s1. The molecule has 0 spiro atoms. The Kier molecular flexibility index (Phi) is 3.69. The Morgan fingerprint density at radius 2 is 1.94 bits per heavy atom. The number of fused-ring (bicyclic) bond motifs is 1. The maximum Gasteiger partial charge on any atom is 0.0374 e. The van der Waals surface area contributed by atoms with E-state index in [0.29, 0.717) is 0 Å². The van der Waals surface area contributed by atoms with Crippen molar-refractivity contribution in [1.29, 1.82) is 0 Å². The number of nitrogens with one attached hydrogen (secondary N) is 1. The molecule has 1 aromatic carbocycles. The average molecular weight is 255 g/mol. The molecule has 2 heterocycles. The molecule has 4 heteroatoms. The van der Waals surface area contributed by atoms with Crippen LogP contribution in [0.4, 0.5) is 5.69 Å². The van der Waals surface area contributed by atoms with Crippen LogP contribution in [0.1, 0.15) is 0 Å². The highest BCUT2D eigenvalue weighted by Gasteiger charge is 2.10. The number of halogens is 1. The zero-order valence-corrected chi connectivity index (χ0v) is 10.6. The normalized spacial score (nSPS) is 16.1. The minimum absolute atomic E-state index is 0. The summed E-state index contributed by atoms with van der Waals surface area (Å²) < 4.78 is 1.38. The van der Waals surface area contributed by atoms with Gasteiger partial charge in [-0.15, -0.1) is 23.7 Å². The molecule has 1 aliphatic rings. The van der Waals surface area contributed by atoms with Gasteiger partial charge in [0.25, 0.3) is 0 Å². The summed E-state index contributed by atoms with van der Waals surface area (Å²) in [4.78, 5) is 2.45. The number of hydrogen-bond donors (Lipinski definition) is 1. The van der Waals surface area contributed by atoms with Gasteiger partial charge >= 0.3 is 0 Å². The number of benzene rings is 1. The van der Waals surface area contributed by atoms with E-state index in [-0.39, 0.29) is 12.4 Å². The van der Waals surface area contributed by atoms with Crippen molar-refractivity contribution in [3.63, 3.8) is 0 Å². The molecule has 0 unspecified atom stereocenters. The van der Waals surface area contributed by atoms with Crippen molar-refractivity contribution in [2.75, 3.05) is 31.1 Å². The number of anilines is 1. The fourth-order valence-electron chi connectivity index (χ4n) is 2.07. The Labute approximate surface area is 106 Å².